The van der Waals surface area contributed by atoms with Gasteiger partial charge in [-0.3, -0.25) is 4.99 Å². The molecule has 0 saturated carbocycles. The Labute approximate surface area is 150 Å². The molecule has 0 spiro atoms. The third kappa shape index (κ3) is 5.32. The first-order chi connectivity index (χ1) is 10.9. The Morgan fingerprint density at radius 1 is 1.26 bits per heavy atom. The SMILES string of the molecule is CN=C(NCc1ncc(C)s1)NCC(C)(C)c1ccc(Br)cc1. The quantitative estimate of drug-likeness (QED) is 0.597. The number of hydrogen-bond donors (Lipinski definition) is 2. The molecule has 0 fully saturated rings. The van der Waals surface area contributed by atoms with E-state index in [4.69, 9.17) is 0 Å². The van der Waals surface area contributed by atoms with E-state index in [1.165, 1.54) is 10.4 Å². The van der Waals surface area contributed by atoms with Gasteiger partial charge in [0.15, 0.2) is 5.96 Å². The summed E-state index contributed by atoms with van der Waals surface area (Å²) in [6, 6.07) is 8.46. The highest BCUT2D eigenvalue weighted by Crippen LogP contribution is 2.24. The molecule has 0 bridgehead atoms. The number of nitrogens with zero attached hydrogens (tertiary/aromatic N) is 2. The van der Waals surface area contributed by atoms with E-state index in [1.54, 1.807) is 18.4 Å². The van der Waals surface area contributed by atoms with Crippen LogP contribution < -0.4 is 10.6 Å². The normalized spacial score (nSPS) is 12.3. The van der Waals surface area contributed by atoms with Gasteiger partial charge in [0.2, 0.25) is 0 Å². The number of aromatic nitrogens is 1. The van der Waals surface area contributed by atoms with Gasteiger partial charge in [0, 0.05) is 34.6 Å². The number of guanidine groups is 1. The number of thiazole rings is 1. The topological polar surface area (TPSA) is 49.3 Å². The highest BCUT2D eigenvalue weighted by Gasteiger charge is 2.20. The lowest BCUT2D eigenvalue weighted by atomic mass is 9.85. The van der Waals surface area contributed by atoms with Gasteiger partial charge in [-0.05, 0) is 24.6 Å². The van der Waals surface area contributed by atoms with E-state index in [1.807, 2.05) is 6.20 Å². The number of halogens is 1. The molecular weight excluding hydrogens is 372 g/mol. The summed E-state index contributed by atoms with van der Waals surface area (Å²) in [7, 11) is 1.79. The molecule has 4 nitrogen and oxygen atoms in total. The molecule has 0 saturated heterocycles. The van der Waals surface area contributed by atoms with Gasteiger partial charge in [-0.25, -0.2) is 4.98 Å². The average Bonchev–Trinajstić information content (AvgIpc) is 2.93. The second kappa shape index (κ2) is 7.93. The zero-order chi connectivity index (χ0) is 16.9. The maximum Gasteiger partial charge on any atom is 0.191 e. The summed E-state index contributed by atoms with van der Waals surface area (Å²) in [5, 5.41) is 7.78. The Morgan fingerprint density at radius 2 is 1.96 bits per heavy atom. The van der Waals surface area contributed by atoms with Crippen molar-refractivity contribution >= 4 is 33.2 Å². The lowest BCUT2D eigenvalue weighted by Crippen LogP contribution is -2.43. The molecular formula is C17H23BrN4S. The van der Waals surface area contributed by atoms with Crippen LogP contribution in [0.1, 0.15) is 29.3 Å². The number of nitrogens with one attached hydrogen (secondary N) is 2. The third-order valence-electron chi connectivity index (χ3n) is 3.62. The van der Waals surface area contributed by atoms with E-state index in [2.05, 4.69) is 81.6 Å². The third-order valence-corrected chi connectivity index (χ3v) is 5.06. The van der Waals surface area contributed by atoms with Gasteiger partial charge in [0.05, 0.1) is 6.54 Å². The van der Waals surface area contributed by atoms with E-state index in [9.17, 15) is 0 Å². The molecule has 0 aliphatic carbocycles. The summed E-state index contributed by atoms with van der Waals surface area (Å²) < 4.78 is 1.10. The summed E-state index contributed by atoms with van der Waals surface area (Å²) in [6.07, 6.45) is 1.90. The van der Waals surface area contributed by atoms with Crippen molar-refractivity contribution in [2.45, 2.75) is 32.7 Å². The molecule has 2 N–H and O–H groups in total. The summed E-state index contributed by atoms with van der Waals surface area (Å²) in [6.45, 7) is 8.00. The fraction of sp³-hybridized carbons (Fsp3) is 0.412. The van der Waals surface area contributed by atoms with Crippen LogP contribution in [-0.2, 0) is 12.0 Å². The average molecular weight is 395 g/mol. The highest BCUT2D eigenvalue weighted by atomic mass is 79.9. The van der Waals surface area contributed by atoms with Crippen LogP contribution in [-0.4, -0.2) is 24.5 Å². The van der Waals surface area contributed by atoms with Crippen LogP contribution in [0.5, 0.6) is 0 Å². The van der Waals surface area contributed by atoms with Gasteiger partial charge in [0.25, 0.3) is 0 Å². The second-order valence-corrected chi connectivity index (χ2v) is 8.27. The molecule has 1 heterocycles. The largest absolute Gasteiger partial charge is 0.356 e. The molecule has 2 rings (SSSR count). The van der Waals surface area contributed by atoms with Gasteiger partial charge >= 0.3 is 0 Å². The van der Waals surface area contributed by atoms with Crippen LogP contribution in [0, 0.1) is 6.92 Å². The van der Waals surface area contributed by atoms with Crippen LogP contribution >= 0.6 is 27.3 Å². The molecule has 0 unspecified atom stereocenters. The molecule has 23 heavy (non-hydrogen) atoms. The first-order valence-electron chi connectivity index (χ1n) is 7.52. The fourth-order valence-electron chi connectivity index (χ4n) is 2.17. The number of benzene rings is 1. The molecule has 2 aromatic rings. The lowest BCUT2D eigenvalue weighted by Gasteiger charge is -2.26. The molecule has 0 radical (unpaired) electrons. The Balaban J connectivity index is 1.90. The Bertz CT molecular complexity index is 661. The van der Waals surface area contributed by atoms with E-state index in [0.29, 0.717) is 6.54 Å². The minimum atomic E-state index is 0.0100. The summed E-state index contributed by atoms with van der Waals surface area (Å²) in [5.41, 5.74) is 1.30. The number of aliphatic imine (C=N–C) groups is 1. The number of hydrogen-bond acceptors (Lipinski definition) is 3. The van der Waals surface area contributed by atoms with Crippen molar-refractivity contribution in [1.82, 2.24) is 15.6 Å². The van der Waals surface area contributed by atoms with Crippen LogP contribution in [0.3, 0.4) is 0 Å². The van der Waals surface area contributed by atoms with Crippen molar-refractivity contribution in [3.63, 3.8) is 0 Å². The lowest BCUT2D eigenvalue weighted by molar-refractivity contribution is 0.508. The molecule has 124 valence electrons. The second-order valence-electron chi connectivity index (χ2n) is 6.03. The van der Waals surface area contributed by atoms with Crippen LogP contribution in [0.25, 0.3) is 0 Å². The Morgan fingerprint density at radius 3 is 2.52 bits per heavy atom. The maximum atomic E-state index is 4.36. The Kier molecular flexibility index (Phi) is 6.18. The molecule has 1 aromatic carbocycles. The van der Waals surface area contributed by atoms with Crippen molar-refractivity contribution < 1.29 is 0 Å². The standard InChI is InChI=1S/C17H23BrN4S/c1-12-9-20-15(23-12)10-21-16(19-4)22-11-17(2,3)13-5-7-14(18)8-6-13/h5-9H,10-11H2,1-4H3,(H2,19,21,22). The predicted molar refractivity (Wildman–Crippen MR) is 102 cm³/mol. The van der Waals surface area contributed by atoms with Crippen molar-refractivity contribution in [2.75, 3.05) is 13.6 Å². The molecule has 6 heteroatoms. The molecule has 1 aromatic heterocycles. The van der Waals surface area contributed by atoms with Gasteiger partial charge in [-0.15, -0.1) is 11.3 Å². The fourth-order valence-corrected chi connectivity index (χ4v) is 3.16. The highest BCUT2D eigenvalue weighted by molar-refractivity contribution is 9.10. The van der Waals surface area contributed by atoms with Crippen molar-refractivity contribution in [2.24, 2.45) is 4.99 Å². The number of aryl methyl sites for hydroxylation is 1. The van der Waals surface area contributed by atoms with Crippen molar-refractivity contribution in [3.8, 4) is 0 Å². The van der Waals surface area contributed by atoms with E-state index in [-0.39, 0.29) is 5.41 Å². The summed E-state index contributed by atoms with van der Waals surface area (Å²) >= 11 is 5.18. The van der Waals surface area contributed by atoms with E-state index < -0.39 is 0 Å². The van der Waals surface area contributed by atoms with Crippen molar-refractivity contribution in [3.05, 3.63) is 50.4 Å². The predicted octanol–water partition coefficient (Wildman–Crippen LogP) is 3.86. The Hall–Kier alpha value is -1.40. The summed E-state index contributed by atoms with van der Waals surface area (Å²) in [4.78, 5) is 9.86. The summed E-state index contributed by atoms with van der Waals surface area (Å²) in [5.74, 6) is 0.794. The van der Waals surface area contributed by atoms with Crippen LogP contribution in [0.4, 0.5) is 0 Å². The molecule has 0 amide bonds. The minimum absolute atomic E-state index is 0.0100. The van der Waals surface area contributed by atoms with Crippen molar-refractivity contribution in [1.29, 1.82) is 0 Å². The minimum Gasteiger partial charge on any atom is -0.356 e. The molecule has 0 atom stereocenters. The number of rotatable bonds is 5. The van der Waals surface area contributed by atoms with Gasteiger partial charge < -0.3 is 10.6 Å². The van der Waals surface area contributed by atoms with Gasteiger partial charge in [-0.1, -0.05) is 41.9 Å². The zero-order valence-electron chi connectivity index (χ0n) is 14.0. The van der Waals surface area contributed by atoms with Crippen LogP contribution in [0.15, 0.2) is 39.9 Å². The maximum absolute atomic E-state index is 4.36. The first kappa shape index (κ1) is 17.9. The zero-order valence-corrected chi connectivity index (χ0v) is 16.4. The molecule has 0 aliphatic heterocycles. The smallest absolute Gasteiger partial charge is 0.191 e. The van der Waals surface area contributed by atoms with E-state index >= 15 is 0 Å². The first-order valence-corrected chi connectivity index (χ1v) is 9.13. The van der Waals surface area contributed by atoms with E-state index in [0.717, 1.165) is 22.0 Å². The van der Waals surface area contributed by atoms with Gasteiger partial charge in [-0.2, -0.15) is 0 Å². The monoisotopic (exact) mass is 394 g/mol. The van der Waals surface area contributed by atoms with Crippen LogP contribution in [0.2, 0.25) is 0 Å². The molecule has 0 aliphatic rings. The van der Waals surface area contributed by atoms with Gasteiger partial charge in [0.1, 0.15) is 5.01 Å².